The van der Waals surface area contributed by atoms with Crippen molar-refractivity contribution in [3.63, 3.8) is 0 Å². The summed E-state index contributed by atoms with van der Waals surface area (Å²) in [5.41, 5.74) is 0.977. The molecule has 1 aliphatic rings. The van der Waals surface area contributed by atoms with E-state index in [1.54, 1.807) is 18.2 Å². The number of halogens is 1. The number of nitrogens with zero attached hydrogens (tertiary/aromatic N) is 1. The third-order valence-electron chi connectivity index (χ3n) is 4.11. The van der Waals surface area contributed by atoms with Crippen LogP contribution in [0.4, 0.5) is 14.9 Å². The Morgan fingerprint density at radius 1 is 1.10 bits per heavy atom. The molecule has 1 fully saturated rings. The Balaban J connectivity index is 1.71. The van der Waals surface area contributed by atoms with Crippen molar-refractivity contribution in [2.24, 2.45) is 0 Å². The molecular formula is C20H18FN3O5. The standard InChI is InChI=1S/C20H18FN3O5/c1-28-16-8-3-12(10-17(16)29-2)9-15-19(26)24(20(27)23-15)11-18(25)22-14-6-4-13(21)5-7-14/h3-10H,11H2,1-2H3,(H,22,25)(H,23,27)/b15-9-. The fourth-order valence-corrected chi connectivity index (χ4v) is 2.70. The van der Waals surface area contributed by atoms with E-state index in [4.69, 9.17) is 9.47 Å². The number of anilines is 1. The van der Waals surface area contributed by atoms with Crippen LogP contribution in [-0.2, 0) is 9.59 Å². The van der Waals surface area contributed by atoms with Crippen molar-refractivity contribution >= 4 is 29.6 Å². The lowest BCUT2D eigenvalue weighted by Gasteiger charge is -2.12. The van der Waals surface area contributed by atoms with Crippen LogP contribution in [0.25, 0.3) is 6.08 Å². The van der Waals surface area contributed by atoms with Crippen LogP contribution in [0.15, 0.2) is 48.2 Å². The van der Waals surface area contributed by atoms with E-state index < -0.39 is 30.2 Å². The summed E-state index contributed by atoms with van der Waals surface area (Å²) in [7, 11) is 2.99. The van der Waals surface area contributed by atoms with Crippen LogP contribution in [0, 0.1) is 5.82 Å². The van der Waals surface area contributed by atoms with Crippen molar-refractivity contribution in [3.05, 3.63) is 59.5 Å². The zero-order valence-electron chi connectivity index (χ0n) is 15.7. The molecule has 3 rings (SSSR count). The van der Waals surface area contributed by atoms with Gasteiger partial charge in [-0.25, -0.2) is 14.1 Å². The predicted molar refractivity (Wildman–Crippen MR) is 103 cm³/mol. The van der Waals surface area contributed by atoms with Gasteiger partial charge in [0.2, 0.25) is 5.91 Å². The molecule has 0 radical (unpaired) electrons. The zero-order valence-corrected chi connectivity index (χ0v) is 15.7. The fourth-order valence-electron chi connectivity index (χ4n) is 2.70. The molecule has 9 heteroatoms. The highest BCUT2D eigenvalue weighted by molar-refractivity contribution is 6.15. The van der Waals surface area contributed by atoms with Gasteiger partial charge in [0, 0.05) is 5.69 Å². The highest BCUT2D eigenvalue weighted by Gasteiger charge is 2.34. The summed E-state index contributed by atoms with van der Waals surface area (Å²) in [6.45, 7) is -0.481. The number of urea groups is 1. The molecule has 29 heavy (non-hydrogen) atoms. The van der Waals surface area contributed by atoms with Crippen LogP contribution in [0.3, 0.4) is 0 Å². The van der Waals surface area contributed by atoms with Crippen LogP contribution >= 0.6 is 0 Å². The van der Waals surface area contributed by atoms with Crippen LogP contribution in [-0.4, -0.2) is 43.5 Å². The Hall–Kier alpha value is -3.88. The third-order valence-corrected chi connectivity index (χ3v) is 4.11. The number of nitrogens with one attached hydrogen (secondary N) is 2. The topological polar surface area (TPSA) is 97.0 Å². The minimum absolute atomic E-state index is 0.0248. The Kier molecular flexibility index (Phi) is 5.77. The van der Waals surface area contributed by atoms with Crippen molar-refractivity contribution in [1.29, 1.82) is 0 Å². The molecule has 0 unspecified atom stereocenters. The van der Waals surface area contributed by atoms with E-state index >= 15 is 0 Å². The smallest absolute Gasteiger partial charge is 0.329 e. The highest BCUT2D eigenvalue weighted by Crippen LogP contribution is 2.28. The summed E-state index contributed by atoms with van der Waals surface area (Å²) < 4.78 is 23.3. The van der Waals surface area contributed by atoms with Gasteiger partial charge in [0.25, 0.3) is 5.91 Å². The maximum absolute atomic E-state index is 12.9. The lowest BCUT2D eigenvalue weighted by atomic mass is 10.1. The lowest BCUT2D eigenvalue weighted by molar-refractivity contribution is -0.127. The molecular weight excluding hydrogens is 381 g/mol. The fraction of sp³-hybridized carbons (Fsp3) is 0.150. The second-order valence-corrected chi connectivity index (χ2v) is 6.05. The molecule has 2 aromatic carbocycles. The van der Waals surface area contributed by atoms with Crippen molar-refractivity contribution in [2.45, 2.75) is 0 Å². The van der Waals surface area contributed by atoms with Gasteiger partial charge in [-0.05, 0) is 48.0 Å². The minimum Gasteiger partial charge on any atom is -0.493 e. The van der Waals surface area contributed by atoms with Crippen molar-refractivity contribution in [3.8, 4) is 11.5 Å². The third kappa shape index (κ3) is 4.52. The Bertz CT molecular complexity index is 988. The first-order valence-corrected chi connectivity index (χ1v) is 8.53. The van der Waals surface area contributed by atoms with Crippen molar-refractivity contribution in [2.75, 3.05) is 26.1 Å². The largest absolute Gasteiger partial charge is 0.493 e. The van der Waals surface area contributed by atoms with Gasteiger partial charge in [-0.3, -0.25) is 9.59 Å². The molecule has 150 valence electrons. The van der Waals surface area contributed by atoms with Gasteiger partial charge in [0.05, 0.1) is 14.2 Å². The number of rotatable bonds is 6. The number of imide groups is 1. The molecule has 0 spiro atoms. The van der Waals surface area contributed by atoms with Crippen LogP contribution in [0.1, 0.15) is 5.56 Å². The molecule has 0 bridgehead atoms. The molecule has 0 aromatic heterocycles. The zero-order chi connectivity index (χ0) is 21.0. The van der Waals surface area contributed by atoms with Gasteiger partial charge in [-0.15, -0.1) is 0 Å². The molecule has 2 N–H and O–H groups in total. The average molecular weight is 399 g/mol. The van der Waals surface area contributed by atoms with Gasteiger partial charge in [0.15, 0.2) is 11.5 Å². The summed E-state index contributed by atoms with van der Waals surface area (Å²) in [5, 5.41) is 4.94. The van der Waals surface area contributed by atoms with E-state index in [1.165, 1.54) is 44.6 Å². The molecule has 8 nitrogen and oxygen atoms in total. The Labute approximate surface area is 165 Å². The number of methoxy groups -OCH3 is 2. The van der Waals surface area contributed by atoms with E-state index in [9.17, 15) is 18.8 Å². The predicted octanol–water partition coefficient (Wildman–Crippen LogP) is 2.37. The van der Waals surface area contributed by atoms with Crippen LogP contribution in [0.2, 0.25) is 0 Å². The maximum Gasteiger partial charge on any atom is 0.329 e. The van der Waals surface area contributed by atoms with Gasteiger partial charge >= 0.3 is 6.03 Å². The summed E-state index contributed by atoms with van der Waals surface area (Å²) in [6, 6.07) is 9.42. The second-order valence-electron chi connectivity index (χ2n) is 6.05. The molecule has 1 aliphatic heterocycles. The maximum atomic E-state index is 12.9. The molecule has 1 saturated heterocycles. The lowest BCUT2D eigenvalue weighted by Crippen LogP contribution is -2.38. The highest BCUT2D eigenvalue weighted by atomic mass is 19.1. The average Bonchev–Trinajstić information content (AvgIpc) is 2.97. The monoisotopic (exact) mass is 399 g/mol. The summed E-state index contributed by atoms with van der Waals surface area (Å²) in [4.78, 5) is 37.6. The number of carbonyl (C=O) groups is 3. The summed E-state index contributed by atoms with van der Waals surface area (Å²) >= 11 is 0. The number of ether oxygens (including phenoxy) is 2. The minimum atomic E-state index is -0.712. The second kappa shape index (κ2) is 8.42. The van der Waals surface area contributed by atoms with Gasteiger partial charge < -0.3 is 20.1 Å². The first kappa shape index (κ1) is 19.9. The quantitative estimate of drug-likeness (QED) is 0.574. The van der Waals surface area contributed by atoms with Crippen LogP contribution in [0.5, 0.6) is 11.5 Å². The summed E-state index contributed by atoms with van der Waals surface area (Å²) in [6.07, 6.45) is 1.47. The molecule has 0 aliphatic carbocycles. The first-order valence-electron chi connectivity index (χ1n) is 8.53. The van der Waals surface area contributed by atoms with Crippen molar-refractivity contribution in [1.82, 2.24) is 10.2 Å². The number of carbonyl (C=O) groups excluding carboxylic acids is 3. The van der Waals surface area contributed by atoms with E-state index in [-0.39, 0.29) is 5.70 Å². The number of hydrogen-bond acceptors (Lipinski definition) is 5. The molecule has 1 heterocycles. The van der Waals surface area contributed by atoms with Crippen LogP contribution < -0.4 is 20.1 Å². The SMILES string of the molecule is COc1ccc(/C=C2\NC(=O)N(CC(=O)Nc3ccc(F)cc3)C2=O)cc1OC. The Morgan fingerprint density at radius 2 is 1.79 bits per heavy atom. The van der Waals surface area contributed by atoms with Crippen molar-refractivity contribution < 1.29 is 28.2 Å². The normalized spacial score (nSPS) is 14.7. The number of amides is 4. The van der Waals surface area contributed by atoms with E-state index in [0.717, 1.165) is 4.90 Å². The molecule has 0 saturated carbocycles. The van der Waals surface area contributed by atoms with E-state index in [2.05, 4.69) is 10.6 Å². The molecule has 4 amide bonds. The Morgan fingerprint density at radius 3 is 2.45 bits per heavy atom. The number of hydrogen-bond donors (Lipinski definition) is 2. The summed E-state index contributed by atoms with van der Waals surface area (Å²) in [5.74, 6) is -0.682. The molecule has 2 aromatic rings. The first-order chi connectivity index (χ1) is 13.9. The molecule has 0 atom stereocenters. The van der Waals surface area contributed by atoms with Gasteiger partial charge in [0.1, 0.15) is 18.1 Å². The van der Waals surface area contributed by atoms with E-state index in [0.29, 0.717) is 22.7 Å². The van der Waals surface area contributed by atoms with E-state index in [1.807, 2.05) is 0 Å². The van der Waals surface area contributed by atoms with Gasteiger partial charge in [-0.1, -0.05) is 6.07 Å². The van der Waals surface area contributed by atoms with Gasteiger partial charge in [-0.2, -0.15) is 0 Å². The number of benzene rings is 2.